The lowest BCUT2D eigenvalue weighted by molar-refractivity contribution is 0.108. The van der Waals surface area contributed by atoms with Gasteiger partial charge in [-0.25, -0.2) is 4.67 Å². The molecule has 0 spiro atoms. The van der Waals surface area contributed by atoms with E-state index in [0.717, 1.165) is 5.56 Å². The summed E-state index contributed by atoms with van der Waals surface area (Å²) in [5.41, 5.74) is 0.785. The van der Waals surface area contributed by atoms with Crippen molar-refractivity contribution in [3.63, 3.8) is 0 Å². The highest BCUT2D eigenvalue weighted by Gasteiger charge is 2.35. The number of likely N-dealkylation sites (N-methyl/N-ethyl adjacent to an activating group) is 1. The van der Waals surface area contributed by atoms with Crippen LogP contribution >= 0.6 is 7.29 Å². The van der Waals surface area contributed by atoms with Gasteiger partial charge in [0.1, 0.15) is 5.75 Å². The normalized spacial score (nSPS) is 16.2. The summed E-state index contributed by atoms with van der Waals surface area (Å²) in [6.45, 7) is 5.63. The van der Waals surface area contributed by atoms with E-state index in [1.165, 1.54) is 5.82 Å². The molecular formula is C19H24NO3P. The lowest BCUT2D eigenvalue weighted by atomic mass is 10.0. The van der Waals surface area contributed by atoms with Gasteiger partial charge in [0.2, 0.25) is 7.29 Å². The van der Waals surface area contributed by atoms with E-state index in [4.69, 9.17) is 4.74 Å². The Morgan fingerprint density at radius 2 is 1.75 bits per heavy atom. The number of methoxy groups -OCH3 is 1. The van der Waals surface area contributed by atoms with Gasteiger partial charge in [-0.3, -0.25) is 4.57 Å². The van der Waals surface area contributed by atoms with Crippen molar-refractivity contribution in [1.29, 1.82) is 0 Å². The van der Waals surface area contributed by atoms with Crippen molar-refractivity contribution in [1.82, 2.24) is 4.67 Å². The van der Waals surface area contributed by atoms with Gasteiger partial charge >= 0.3 is 0 Å². The molecule has 24 heavy (non-hydrogen) atoms. The number of nitrogens with zero attached hydrogens (tertiary/aromatic N) is 1. The van der Waals surface area contributed by atoms with E-state index < -0.39 is 13.4 Å². The van der Waals surface area contributed by atoms with Crippen LogP contribution < -0.4 is 10.0 Å². The molecule has 2 aromatic carbocycles. The average molecular weight is 345 g/mol. The zero-order valence-corrected chi connectivity index (χ0v) is 15.2. The van der Waals surface area contributed by atoms with Gasteiger partial charge in [-0.15, -0.1) is 0 Å². The summed E-state index contributed by atoms with van der Waals surface area (Å²) in [4.78, 5) is 0. The number of aliphatic hydroxyl groups is 1. The van der Waals surface area contributed by atoms with Gasteiger partial charge in [0.05, 0.1) is 18.5 Å². The first-order chi connectivity index (χ1) is 11.5. The monoisotopic (exact) mass is 345 g/mol. The first-order valence-corrected chi connectivity index (χ1v) is 9.51. The third kappa shape index (κ3) is 3.46. The van der Waals surface area contributed by atoms with E-state index in [1.807, 2.05) is 49.4 Å². The molecule has 128 valence electrons. The first-order valence-electron chi connectivity index (χ1n) is 7.79. The van der Waals surface area contributed by atoms with Gasteiger partial charge in [0, 0.05) is 6.04 Å². The number of aliphatic hydroxyl groups excluding tert-OH is 1. The van der Waals surface area contributed by atoms with E-state index in [1.54, 1.807) is 31.0 Å². The molecule has 0 aliphatic carbocycles. The summed E-state index contributed by atoms with van der Waals surface area (Å²) < 4.78 is 20.7. The molecular weight excluding hydrogens is 321 g/mol. The number of benzene rings is 2. The highest BCUT2D eigenvalue weighted by molar-refractivity contribution is 7.72. The second-order valence-corrected chi connectivity index (χ2v) is 8.37. The van der Waals surface area contributed by atoms with Crippen LogP contribution in [0, 0.1) is 0 Å². The van der Waals surface area contributed by atoms with Crippen LogP contribution in [0.1, 0.15) is 18.6 Å². The summed E-state index contributed by atoms with van der Waals surface area (Å²) in [6.07, 6.45) is -0.765. The van der Waals surface area contributed by atoms with Crippen molar-refractivity contribution in [3.8, 4) is 5.75 Å². The summed E-state index contributed by atoms with van der Waals surface area (Å²) in [6, 6.07) is 16.2. The lowest BCUT2D eigenvalue weighted by Gasteiger charge is -2.34. The van der Waals surface area contributed by atoms with Crippen molar-refractivity contribution >= 4 is 12.6 Å². The summed E-state index contributed by atoms with van der Waals surface area (Å²) in [7, 11) is 0.176. The number of para-hydroxylation sites is 1. The van der Waals surface area contributed by atoms with Crippen LogP contribution in [-0.4, -0.2) is 30.0 Å². The summed E-state index contributed by atoms with van der Waals surface area (Å²) in [5.74, 6) is 2.01. The molecule has 0 fully saturated rings. The molecule has 0 amide bonds. The topological polar surface area (TPSA) is 49.8 Å². The molecule has 2 rings (SSSR count). The first kappa shape index (κ1) is 18.5. The minimum absolute atomic E-state index is 0.374. The second-order valence-electron chi connectivity index (χ2n) is 5.65. The van der Waals surface area contributed by atoms with Crippen molar-refractivity contribution in [2.45, 2.75) is 19.1 Å². The molecule has 0 bridgehead atoms. The molecule has 3 atom stereocenters. The fourth-order valence-electron chi connectivity index (χ4n) is 2.70. The maximum Gasteiger partial charge on any atom is 0.203 e. The minimum Gasteiger partial charge on any atom is -0.496 e. The second kappa shape index (κ2) is 7.80. The molecule has 0 radical (unpaired) electrons. The Morgan fingerprint density at radius 1 is 1.17 bits per heavy atom. The van der Waals surface area contributed by atoms with Gasteiger partial charge in [0.25, 0.3) is 0 Å². The zero-order valence-electron chi connectivity index (χ0n) is 14.3. The van der Waals surface area contributed by atoms with Gasteiger partial charge in [-0.2, -0.15) is 0 Å². The molecule has 0 aliphatic heterocycles. The standard InChI is InChI=1S/C19H24NO3P/c1-5-24(22,18-14-10-9-13-17(18)23-4)20(3)15(2)19(21)16-11-7-6-8-12-16/h5-15,19,21H,1H2,2-4H3/t15-,19-,24-/m0/s1. The Balaban J connectivity index is 2.39. The molecule has 0 aliphatic rings. The predicted octanol–water partition coefficient (Wildman–Crippen LogP) is 3.80. The Morgan fingerprint density at radius 3 is 2.33 bits per heavy atom. The smallest absolute Gasteiger partial charge is 0.203 e. The van der Waals surface area contributed by atoms with E-state index in [2.05, 4.69) is 6.58 Å². The third-order valence-electron chi connectivity index (χ3n) is 4.33. The van der Waals surface area contributed by atoms with Gasteiger partial charge in [-0.1, -0.05) is 49.0 Å². The molecule has 0 saturated heterocycles. The highest BCUT2D eigenvalue weighted by atomic mass is 31.2. The number of hydrogen-bond acceptors (Lipinski definition) is 3. The maximum atomic E-state index is 13.7. The van der Waals surface area contributed by atoms with E-state index in [-0.39, 0.29) is 6.04 Å². The quantitative estimate of drug-likeness (QED) is 0.776. The van der Waals surface area contributed by atoms with E-state index in [0.29, 0.717) is 11.1 Å². The molecule has 0 unspecified atom stereocenters. The van der Waals surface area contributed by atoms with E-state index >= 15 is 0 Å². The summed E-state index contributed by atoms with van der Waals surface area (Å²) >= 11 is 0. The molecule has 2 aromatic rings. The van der Waals surface area contributed by atoms with Crippen molar-refractivity contribution in [3.05, 3.63) is 72.6 Å². The van der Waals surface area contributed by atoms with Gasteiger partial charge in [0.15, 0.2) is 0 Å². The Kier molecular flexibility index (Phi) is 6.00. The Hall–Kier alpha value is -1.87. The number of hydrogen-bond donors (Lipinski definition) is 1. The Labute approximate surface area is 143 Å². The van der Waals surface area contributed by atoms with Crippen LogP contribution in [0.2, 0.25) is 0 Å². The van der Waals surface area contributed by atoms with Crippen LogP contribution in [0.3, 0.4) is 0 Å². The van der Waals surface area contributed by atoms with Gasteiger partial charge in [-0.05, 0) is 37.5 Å². The van der Waals surface area contributed by atoms with Gasteiger partial charge < -0.3 is 9.84 Å². The fraction of sp³-hybridized carbons (Fsp3) is 0.263. The van der Waals surface area contributed by atoms with Crippen LogP contribution in [0.15, 0.2) is 67.0 Å². The fourth-order valence-corrected chi connectivity index (χ4v) is 4.94. The SMILES string of the molecule is C=C[P@](=O)(c1ccccc1OC)N(C)[C@@H](C)[C@H](O)c1ccccc1. The maximum absolute atomic E-state index is 13.7. The van der Waals surface area contributed by atoms with Crippen LogP contribution in [0.25, 0.3) is 0 Å². The van der Waals surface area contributed by atoms with Crippen molar-refractivity contribution in [2.75, 3.05) is 14.2 Å². The van der Waals surface area contributed by atoms with Crippen molar-refractivity contribution in [2.24, 2.45) is 0 Å². The molecule has 4 nitrogen and oxygen atoms in total. The molecule has 5 heteroatoms. The van der Waals surface area contributed by atoms with Crippen LogP contribution in [-0.2, 0) is 4.57 Å². The largest absolute Gasteiger partial charge is 0.496 e. The number of rotatable bonds is 7. The third-order valence-corrected chi connectivity index (χ3v) is 7.19. The zero-order chi connectivity index (χ0) is 17.7. The minimum atomic E-state index is -3.12. The Bertz CT molecular complexity index is 732. The average Bonchev–Trinajstić information content (AvgIpc) is 2.66. The van der Waals surface area contributed by atoms with Crippen LogP contribution in [0.5, 0.6) is 5.75 Å². The number of ether oxygens (including phenoxy) is 1. The molecule has 0 heterocycles. The van der Waals surface area contributed by atoms with E-state index in [9.17, 15) is 9.67 Å². The molecule has 0 aromatic heterocycles. The molecule has 1 N–H and O–H groups in total. The predicted molar refractivity (Wildman–Crippen MR) is 99.1 cm³/mol. The highest BCUT2D eigenvalue weighted by Crippen LogP contribution is 2.53. The summed E-state index contributed by atoms with van der Waals surface area (Å²) in [5, 5.41) is 11.2. The molecule has 0 saturated carbocycles. The van der Waals surface area contributed by atoms with Crippen molar-refractivity contribution < 1.29 is 14.4 Å². The lowest BCUT2D eigenvalue weighted by Crippen LogP contribution is -2.34. The van der Waals surface area contributed by atoms with Crippen LogP contribution in [0.4, 0.5) is 0 Å².